The summed E-state index contributed by atoms with van der Waals surface area (Å²) in [4.78, 5) is 10.9. The zero-order valence-corrected chi connectivity index (χ0v) is 7.79. The highest BCUT2D eigenvalue weighted by Crippen LogP contribution is 2.40. The van der Waals surface area contributed by atoms with Crippen LogP contribution in [0.1, 0.15) is 24.3 Å². The van der Waals surface area contributed by atoms with Crippen molar-refractivity contribution in [3.05, 3.63) is 29.8 Å². The molecule has 4 N–H and O–H groups in total. The molecule has 1 aliphatic rings. The Morgan fingerprint density at radius 2 is 2.21 bits per heavy atom. The Labute approximate surface area is 82.5 Å². The minimum atomic E-state index is -0.391. The van der Waals surface area contributed by atoms with Gasteiger partial charge in [-0.15, -0.1) is 0 Å². The molecule has 4 heteroatoms. The third-order valence-corrected chi connectivity index (χ3v) is 2.32. The van der Waals surface area contributed by atoms with Crippen LogP contribution in [0.25, 0.3) is 0 Å². The number of amides is 2. The summed E-state index contributed by atoms with van der Waals surface area (Å²) >= 11 is 0. The number of rotatable bonds is 2. The van der Waals surface area contributed by atoms with Crippen LogP contribution in [0.4, 0.5) is 10.5 Å². The monoisotopic (exact) mass is 191 g/mol. The quantitative estimate of drug-likeness (QED) is 0.377. The second kappa shape index (κ2) is 3.67. The minimum Gasteiger partial charge on any atom is -0.307 e. The average molecular weight is 191 g/mol. The zero-order chi connectivity index (χ0) is 9.97. The summed E-state index contributed by atoms with van der Waals surface area (Å²) in [6.45, 7) is 0. The number of hydrazine groups is 1. The SMILES string of the molecule is NNC(=O)Nc1cccc(C2CC2)c1. The van der Waals surface area contributed by atoms with Crippen molar-refractivity contribution in [2.75, 3.05) is 5.32 Å². The van der Waals surface area contributed by atoms with Crippen LogP contribution in [-0.4, -0.2) is 6.03 Å². The molecular weight excluding hydrogens is 178 g/mol. The van der Waals surface area contributed by atoms with E-state index in [4.69, 9.17) is 5.84 Å². The summed E-state index contributed by atoms with van der Waals surface area (Å²) in [5, 5.41) is 2.64. The normalized spacial score (nSPS) is 14.9. The molecule has 0 saturated heterocycles. The van der Waals surface area contributed by atoms with E-state index in [1.165, 1.54) is 18.4 Å². The van der Waals surface area contributed by atoms with Crippen molar-refractivity contribution in [1.29, 1.82) is 0 Å². The van der Waals surface area contributed by atoms with Crippen molar-refractivity contribution < 1.29 is 4.79 Å². The maximum atomic E-state index is 10.9. The molecule has 74 valence electrons. The molecular formula is C10H13N3O. The Morgan fingerprint density at radius 1 is 1.43 bits per heavy atom. The molecule has 14 heavy (non-hydrogen) atoms. The molecule has 0 unspecified atom stereocenters. The number of hydrogen-bond donors (Lipinski definition) is 3. The fourth-order valence-corrected chi connectivity index (χ4v) is 1.45. The molecule has 0 bridgehead atoms. The molecule has 2 amide bonds. The van der Waals surface area contributed by atoms with E-state index in [-0.39, 0.29) is 0 Å². The topological polar surface area (TPSA) is 67.1 Å². The minimum absolute atomic E-state index is 0.391. The summed E-state index contributed by atoms with van der Waals surface area (Å²) in [7, 11) is 0. The van der Waals surface area contributed by atoms with Gasteiger partial charge in [-0.05, 0) is 36.5 Å². The Hall–Kier alpha value is -1.55. The lowest BCUT2D eigenvalue weighted by molar-refractivity contribution is 0.252. The fourth-order valence-electron chi connectivity index (χ4n) is 1.45. The molecule has 4 nitrogen and oxygen atoms in total. The van der Waals surface area contributed by atoms with Crippen LogP contribution in [0.3, 0.4) is 0 Å². The van der Waals surface area contributed by atoms with Crippen LogP contribution in [-0.2, 0) is 0 Å². The van der Waals surface area contributed by atoms with E-state index < -0.39 is 6.03 Å². The van der Waals surface area contributed by atoms with Gasteiger partial charge in [0.05, 0.1) is 0 Å². The van der Waals surface area contributed by atoms with E-state index in [2.05, 4.69) is 11.4 Å². The lowest BCUT2D eigenvalue weighted by atomic mass is 10.1. The fraction of sp³-hybridized carbons (Fsp3) is 0.300. The first kappa shape index (κ1) is 9.02. The van der Waals surface area contributed by atoms with E-state index >= 15 is 0 Å². The molecule has 0 spiro atoms. The summed E-state index contributed by atoms with van der Waals surface area (Å²) in [6, 6.07) is 7.48. The highest BCUT2D eigenvalue weighted by Gasteiger charge is 2.23. The van der Waals surface area contributed by atoms with Gasteiger partial charge in [0, 0.05) is 5.69 Å². The highest BCUT2D eigenvalue weighted by atomic mass is 16.2. The Morgan fingerprint density at radius 3 is 2.86 bits per heavy atom. The molecule has 2 rings (SSSR count). The third kappa shape index (κ3) is 2.03. The van der Waals surface area contributed by atoms with Gasteiger partial charge in [0.15, 0.2) is 0 Å². The van der Waals surface area contributed by atoms with E-state index in [0.717, 1.165) is 5.69 Å². The van der Waals surface area contributed by atoms with Crippen molar-refractivity contribution in [2.45, 2.75) is 18.8 Å². The average Bonchev–Trinajstić information content (AvgIpc) is 3.01. The summed E-state index contributed by atoms with van der Waals surface area (Å²) < 4.78 is 0. The number of hydrogen-bond acceptors (Lipinski definition) is 2. The van der Waals surface area contributed by atoms with Gasteiger partial charge < -0.3 is 5.32 Å². The van der Waals surface area contributed by atoms with Gasteiger partial charge in [0.2, 0.25) is 0 Å². The Kier molecular flexibility index (Phi) is 2.37. The van der Waals surface area contributed by atoms with Gasteiger partial charge in [0.25, 0.3) is 0 Å². The zero-order valence-electron chi connectivity index (χ0n) is 7.79. The van der Waals surface area contributed by atoms with Crippen LogP contribution < -0.4 is 16.6 Å². The van der Waals surface area contributed by atoms with E-state index in [9.17, 15) is 4.79 Å². The van der Waals surface area contributed by atoms with Gasteiger partial charge >= 0.3 is 6.03 Å². The maximum absolute atomic E-state index is 10.9. The molecule has 1 aromatic rings. The van der Waals surface area contributed by atoms with Crippen molar-refractivity contribution in [2.24, 2.45) is 5.84 Å². The van der Waals surface area contributed by atoms with E-state index in [1.807, 2.05) is 23.6 Å². The van der Waals surface area contributed by atoms with Crippen LogP contribution in [0.15, 0.2) is 24.3 Å². The molecule has 0 aliphatic heterocycles. The predicted molar refractivity (Wildman–Crippen MR) is 54.8 cm³/mol. The molecule has 1 aliphatic carbocycles. The molecule has 0 radical (unpaired) electrons. The van der Waals surface area contributed by atoms with Gasteiger partial charge in [-0.25, -0.2) is 10.6 Å². The second-order valence-corrected chi connectivity index (χ2v) is 3.50. The number of nitrogens with one attached hydrogen (secondary N) is 2. The van der Waals surface area contributed by atoms with Crippen LogP contribution >= 0.6 is 0 Å². The van der Waals surface area contributed by atoms with Gasteiger partial charge in [0.1, 0.15) is 0 Å². The van der Waals surface area contributed by atoms with Gasteiger partial charge in [-0.2, -0.15) is 0 Å². The van der Waals surface area contributed by atoms with E-state index in [0.29, 0.717) is 5.92 Å². The van der Waals surface area contributed by atoms with Gasteiger partial charge in [-0.3, -0.25) is 5.43 Å². The first-order valence-corrected chi connectivity index (χ1v) is 4.67. The summed E-state index contributed by atoms with van der Waals surface area (Å²) in [5.41, 5.74) is 4.11. The molecule has 0 aromatic heterocycles. The molecule has 1 saturated carbocycles. The number of urea groups is 1. The second-order valence-electron chi connectivity index (χ2n) is 3.50. The van der Waals surface area contributed by atoms with Crippen molar-refractivity contribution in [3.63, 3.8) is 0 Å². The lowest BCUT2D eigenvalue weighted by Gasteiger charge is -2.05. The van der Waals surface area contributed by atoms with Crippen LogP contribution in [0.5, 0.6) is 0 Å². The van der Waals surface area contributed by atoms with Crippen molar-refractivity contribution in [3.8, 4) is 0 Å². The number of benzene rings is 1. The third-order valence-electron chi connectivity index (χ3n) is 2.32. The number of nitrogens with two attached hydrogens (primary N) is 1. The number of carbonyl (C=O) groups excluding carboxylic acids is 1. The van der Waals surface area contributed by atoms with Crippen LogP contribution in [0, 0.1) is 0 Å². The summed E-state index contributed by atoms with van der Waals surface area (Å²) in [6.07, 6.45) is 2.51. The standard InChI is InChI=1S/C10H13N3O/c11-13-10(14)12-9-3-1-2-8(6-9)7-4-5-7/h1-3,6-7H,4-5,11H2,(H2,12,13,14). The smallest absolute Gasteiger partial charge is 0.307 e. The molecule has 1 aromatic carbocycles. The molecule has 0 heterocycles. The largest absolute Gasteiger partial charge is 0.333 e. The Bertz CT molecular complexity index is 347. The van der Waals surface area contributed by atoms with Crippen molar-refractivity contribution >= 4 is 11.7 Å². The molecule has 1 fully saturated rings. The maximum Gasteiger partial charge on any atom is 0.333 e. The lowest BCUT2D eigenvalue weighted by Crippen LogP contribution is -2.34. The number of anilines is 1. The first-order valence-electron chi connectivity index (χ1n) is 4.67. The summed E-state index contributed by atoms with van der Waals surface area (Å²) in [5.74, 6) is 5.66. The van der Waals surface area contributed by atoms with E-state index in [1.54, 1.807) is 0 Å². The highest BCUT2D eigenvalue weighted by molar-refractivity contribution is 5.88. The van der Waals surface area contributed by atoms with Crippen LogP contribution in [0.2, 0.25) is 0 Å². The molecule has 0 atom stereocenters. The number of carbonyl (C=O) groups is 1. The van der Waals surface area contributed by atoms with Gasteiger partial charge in [-0.1, -0.05) is 12.1 Å². The Balaban J connectivity index is 2.09. The first-order chi connectivity index (χ1) is 6.79. The predicted octanol–water partition coefficient (Wildman–Crippen LogP) is 1.56. The van der Waals surface area contributed by atoms with Crippen molar-refractivity contribution in [1.82, 2.24) is 5.43 Å².